The Morgan fingerprint density at radius 2 is 1.61 bits per heavy atom. The minimum Gasteiger partial charge on any atom is -0.497 e. The van der Waals surface area contributed by atoms with Crippen LogP contribution in [0.1, 0.15) is 12.5 Å². The van der Waals surface area contributed by atoms with E-state index in [0.717, 1.165) is 28.4 Å². The molecule has 0 amide bonds. The van der Waals surface area contributed by atoms with Crippen molar-refractivity contribution in [1.82, 2.24) is 0 Å². The van der Waals surface area contributed by atoms with Crippen LogP contribution >= 0.6 is 23.4 Å². The number of para-hydroxylation sites is 1. The maximum Gasteiger partial charge on any atom is 0.365 e. The molecule has 0 fully saturated rings. The smallest absolute Gasteiger partial charge is 0.365 e. The van der Waals surface area contributed by atoms with Gasteiger partial charge < -0.3 is 9.47 Å². The summed E-state index contributed by atoms with van der Waals surface area (Å²) < 4.78 is 10.6. The normalized spacial score (nSPS) is 18.8. The van der Waals surface area contributed by atoms with Crippen LogP contribution in [0.15, 0.2) is 101 Å². The Kier molecular flexibility index (Phi) is 6.71. The second-order valence-electron chi connectivity index (χ2n) is 7.87. The van der Waals surface area contributed by atoms with Gasteiger partial charge in [-0.2, -0.15) is 10.2 Å². The lowest BCUT2D eigenvalue weighted by molar-refractivity contribution is -0.134. The molecule has 0 saturated carbocycles. The van der Waals surface area contributed by atoms with Gasteiger partial charge in [-0.05, 0) is 79.4 Å². The standard InChI is InChI=1S/C27H23ClN4O3S/c1-3-35-26(33)25-30-32(22-13-15-23(34-2)16-14-22)27(36-25)18-17-24(19-9-11-20(28)12-10-19)29-31(27)21-7-5-4-6-8-21/h4-18H,3H2,1-2H3. The molecule has 0 aliphatic carbocycles. The molecule has 9 heteroatoms. The monoisotopic (exact) mass is 518 g/mol. The van der Waals surface area contributed by atoms with Crippen molar-refractivity contribution in [1.29, 1.82) is 0 Å². The molecule has 3 aromatic carbocycles. The number of nitrogens with zero attached hydrogens (tertiary/aromatic N) is 4. The van der Waals surface area contributed by atoms with E-state index in [2.05, 4.69) is 0 Å². The van der Waals surface area contributed by atoms with Gasteiger partial charge in [0.1, 0.15) is 5.75 Å². The molecule has 1 unspecified atom stereocenters. The van der Waals surface area contributed by atoms with E-state index >= 15 is 0 Å². The highest BCUT2D eigenvalue weighted by molar-refractivity contribution is 8.17. The third kappa shape index (κ3) is 4.45. The molecule has 0 bridgehead atoms. The van der Waals surface area contributed by atoms with Gasteiger partial charge in [-0.15, -0.1) is 0 Å². The summed E-state index contributed by atoms with van der Waals surface area (Å²) in [5.41, 5.74) is 3.26. The van der Waals surface area contributed by atoms with E-state index in [-0.39, 0.29) is 11.7 Å². The lowest BCUT2D eigenvalue weighted by Crippen LogP contribution is -2.53. The Balaban J connectivity index is 1.64. The Labute approximate surface area is 218 Å². The Morgan fingerprint density at radius 3 is 2.28 bits per heavy atom. The van der Waals surface area contributed by atoms with Gasteiger partial charge in [0, 0.05) is 10.6 Å². The summed E-state index contributed by atoms with van der Waals surface area (Å²) in [5, 5.41) is 14.3. The third-order valence-corrected chi connectivity index (χ3v) is 7.09. The summed E-state index contributed by atoms with van der Waals surface area (Å²) in [7, 11) is 1.62. The molecule has 0 saturated heterocycles. The summed E-state index contributed by atoms with van der Waals surface area (Å²) in [6.45, 7) is 2.03. The van der Waals surface area contributed by atoms with Crippen LogP contribution in [0.5, 0.6) is 5.75 Å². The summed E-state index contributed by atoms with van der Waals surface area (Å²) >= 11 is 7.39. The second-order valence-corrected chi connectivity index (χ2v) is 9.50. The zero-order chi connectivity index (χ0) is 25.1. The number of rotatable bonds is 6. The first kappa shape index (κ1) is 24.0. The van der Waals surface area contributed by atoms with Gasteiger partial charge in [-0.25, -0.2) is 14.8 Å². The molecular formula is C27H23ClN4O3S. The van der Waals surface area contributed by atoms with Gasteiger partial charge in [0.05, 0.1) is 30.8 Å². The fourth-order valence-electron chi connectivity index (χ4n) is 3.90. The Hall–Kier alpha value is -3.75. The lowest BCUT2D eigenvalue weighted by Gasteiger charge is -2.43. The van der Waals surface area contributed by atoms with Crippen molar-refractivity contribution in [3.05, 3.63) is 102 Å². The number of thioether (sulfide) groups is 1. The van der Waals surface area contributed by atoms with Crippen LogP contribution in [0.4, 0.5) is 11.4 Å². The van der Waals surface area contributed by atoms with Crippen LogP contribution in [-0.4, -0.2) is 35.4 Å². The molecule has 36 heavy (non-hydrogen) atoms. The van der Waals surface area contributed by atoms with Gasteiger partial charge >= 0.3 is 5.97 Å². The average Bonchev–Trinajstić information content (AvgIpc) is 3.30. The van der Waals surface area contributed by atoms with E-state index in [0.29, 0.717) is 5.02 Å². The Morgan fingerprint density at radius 1 is 0.944 bits per heavy atom. The van der Waals surface area contributed by atoms with Crippen molar-refractivity contribution >= 4 is 51.5 Å². The van der Waals surface area contributed by atoms with Crippen LogP contribution in [-0.2, 0) is 9.53 Å². The quantitative estimate of drug-likeness (QED) is 0.378. The average molecular weight is 519 g/mol. The molecule has 2 heterocycles. The molecule has 0 N–H and O–H groups in total. The molecule has 2 aliphatic rings. The number of hydrogen-bond acceptors (Lipinski definition) is 8. The molecule has 0 aromatic heterocycles. The van der Waals surface area contributed by atoms with E-state index in [4.69, 9.17) is 31.3 Å². The lowest BCUT2D eigenvalue weighted by atomic mass is 10.1. The maximum atomic E-state index is 12.8. The fraction of sp³-hybridized carbons (Fsp3) is 0.148. The number of hydrazone groups is 2. The van der Waals surface area contributed by atoms with Crippen molar-refractivity contribution in [3.63, 3.8) is 0 Å². The van der Waals surface area contributed by atoms with E-state index in [9.17, 15) is 4.79 Å². The van der Waals surface area contributed by atoms with E-state index in [1.54, 1.807) is 19.0 Å². The van der Waals surface area contributed by atoms with Crippen molar-refractivity contribution in [2.24, 2.45) is 10.2 Å². The van der Waals surface area contributed by atoms with Crippen LogP contribution < -0.4 is 14.8 Å². The predicted molar refractivity (Wildman–Crippen MR) is 146 cm³/mol. The number of carbonyl (C=O) groups is 1. The van der Waals surface area contributed by atoms with E-state index in [1.165, 1.54) is 11.8 Å². The highest BCUT2D eigenvalue weighted by Gasteiger charge is 2.51. The number of esters is 1. The number of anilines is 2. The molecule has 5 rings (SSSR count). The highest BCUT2D eigenvalue weighted by atomic mass is 35.5. The fourth-order valence-corrected chi connectivity index (χ4v) is 5.18. The second kappa shape index (κ2) is 10.1. The van der Waals surface area contributed by atoms with Crippen molar-refractivity contribution in [2.45, 2.75) is 11.9 Å². The SMILES string of the molecule is CCOC(=O)C1=NN(c2ccc(OC)cc2)C2(C=CC(c3ccc(Cl)cc3)=NN2c2ccccc2)S1. The number of benzene rings is 3. The summed E-state index contributed by atoms with van der Waals surface area (Å²) in [4.78, 5) is 11.8. The molecule has 1 spiro atoms. The first-order chi connectivity index (χ1) is 17.5. The highest BCUT2D eigenvalue weighted by Crippen LogP contribution is 2.48. The molecule has 182 valence electrons. The van der Waals surface area contributed by atoms with Crippen molar-refractivity contribution in [2.75, 3.05) is 23.7 Å². The predicted octanol–water partition coefficient (Wildman–Crippen LogP) is 5.91. The van der Waals surface area contributed by atoms with Crippen molar-refractivity contribution in [3.8, 4) is 5.75 Å². The molecular weight excluding hydrogens is 496 g/mol. The van der Waals surface area contributed by atoms with E-state index < -0.39 is 11.0 Å². The molecule has 7 nitrogen and oxygen atoms in total. The number of allylic oxidation sites excluding steroid dienone is 1. The zero-order valence-electron chi connectivity index (χ0n) is 19.7. The minimum atomic E-state index is -0.992. The topological polar surface area (TPSA) is 66.7 Å². The van der Waals surface area contributed by atoms with Crippen LogP contribution in [0.25, 0.3) is 0 Å². The molecule has 3 aromatic rings. The number of ether oxygens (including phenoxy) is 2. The summed E-state index contributed by atoms with van der Waals surface area (Å²) in [6, 6.07) is 24.8. The number of hydrogen-bond donors (Lipinski definition) is 0. The summed E-state index contributed by atoms with van der Waals surface area (Å²) in [5.74, 6) is 0.239. The number of methoxy groups -OCH3 is 1. The maximum absolute atomic E-state index is 12.8. The van der Waals surface area contributed by atoms with E-state index in [1.807, 2.05) is 96.0 Å². The molecule has 1 atom stereocenters. The van der Waals surface area contributed by atoms with Gasteiger partial charge in [0.25, 0.3) is 0 Å². The largest absolute Gasteiger partial charge is 0.497 e. The Bertz CT molecular complexity index is 1340. The van der Waals surface area contributed by atoms with Gasteiger partial charge in [-0.3, -0.25) is 0 Å². The first-order valence-electron chi connectivity index (χ1n) is 11.3. The van der Waals surface area contributed by atoms with Gasteiger partial charge in [-0.1, -0.05) is 41.9 Å². The number of carbonyl (C=O) groups excluding carboxylic acids is 1. The first-order valence-corrected chi connectivity index (χ1v) is 12.5. The summed E-state index contributed by atoms with van der Waals surface area (Å²) in [6.07, 6.45) is 3.94. The van der Waals surface area contributed by atoms with Gasteiger partial charge in [0.15, 0.2) is 0 Å². The molecule has 0 radical (unpaired) electrons. The van der Waals surface area contributed by atoms with Crippen LogP contribution in [0.3, 0.4) is 0 Å². The third-order valence-electron chi connectivity index (χ3n) is 5.62. The zero-order valence-corrected chi connectivity index (χ0v) is 21.2. The van der Waals surface area contributed by atoms with Crippen LogP contribution in [0.2, 0.25) is 5.02 Å². The molecule has 2 aliphatic heterocycles. The minimum absolute atomic E-state index is 0.239. The van der Waals surface area contributed by atoms with Gasteiger partial charge in [0.2, 0.25) is 10.0 Å². The van der Waals surface area contributed by atoms with Crippen molar-refractivity contribution < 1.29 is 14.3 Å². The number of halogens is 1. The van der Waals surface area contributed by atoms with Crippen LogP contribution in [0, 0.1) is 0 Å².